The highest BCUT2D eigenvalue weighted by molar-refractivity contribution is 5.92. The number of aromatic nitrogens is 3. The maximum Gasteiger partial charge on any atom is 0.289 e. The number of nitrogens with zero attached hydrogens (tertiary/aromatic N) is 3. The molecule has 1 amide bonds. The molecule has 1 aliphatic rings. The fraction of sp³-hybridized carbons (Fsp3) is 0.667. The molecule has 1 fully saturated rings. The van der Waals surface area contributed by atoms with Crippen molar-refractivity contribution < 1.29 is 9.53 Å². The van der Waals surface area contributed by atoms with Gasteiger partial charge in [-0.1, -0.05) is 26.2 Å². The third-order valence-electron chi connectivity index (χ3n) is 5.39. The molecule has 2 aromatic heterocycles. The molecule has 0 saturated heterocycles. The van der Waals surface area contributed by atoms with Crippen LogP contribution in [0.5, 0.6) is 0 Å². The summed E-state index contributed by atoms with van der Waals surface area (Å²) >= 11 is 0. The number of nitrogens with one attached hydrogen (secondary N) is 1. The molecule has 0 spiro atoms. The SMILES string of the molecule is CCCCCCOC1CCC(NC(=O)c2ncc3c(C)cc(C)nn23)CC1. The molecule has 0 unspecified atom stereocenters. The normalized spacial score (nSPS) is 20.1. The van der Waals surface area contributed by atoms with Gasteiger partial charge in [-0.2, -0.15) is 5.10 Å². The van der Waals surface area contributed by atoms with Crippen LogP contribution in [0.1, 0.15) is 80.2 Å². The van der Waals surface area contributed by atoms with E-state index in [9.17, 15) is 4.79 Å². The average Bonchev–Trinajstić information content (AvgIpc) is 3.07. The maximum atomic E-state index is 12.7. The summed E-state index contributed by atoms with van der Waals surface area (Å²) in [5.41, 5.74) is 2.83. The lowest BCUT2D eigenvalue weighted by Gasteiger charge is -2.29. The fourth-order valence-corrected chi connectivity index (χ4v) is 3.85. The monoisotopic (exact) mass is 372 g/mol. The number of fused-ring (bicyclic) bond motifs is 1. The third kappa shape index (κ3) is 5.06. The zero-order valence-electron chi connectivity index (χ0n) is 16.8. The predicted molar refractivity (Wildman–Crippen MR) is 106 cm³/mol. The number of unbranched alkanes of at least 4 members (excludes halogenated alkanes) is 3. The van der Waals surface area contributed by atoms with Gasteiger partial charge in [0, 0.05) is 12.6 Å². The van der Waals surface area contributed by atoms with Crippen LogP contribution in [0.2, 0.25) is 0 Å². The number of hydrogen-bond donors (Lipinski definition) is 1. The first kappa shape index (κ1) is 19.8. The number of carbonyl (C=O) groups excluding carboxylic acids is 1. The quantitative estimate of drug-likeness (QED) is 0.712. The number of ether oxygens (including phenoxy) is 1. The van der Waals surface area contributed by atoms with E-state index in [2.05, 4.69) is 22.3 Å². The molecule has 148 valence electrons. The van der Waals surface area contributed by atoms with Crippen LogP contribution in [0.4, 0.5) is 0 Å². The second-order valence-corrected chi connectivity index (χ2v) is 7.73. The number of imidazole rings is 1. The van der Waals surface area contributed by atoms with Crippen molar-refractivity contribution >= 4 is 11.4 Å². The Balaban J connectivity index is 1.49. The standard InChI is InChI=1S/C21H32N4O2/c1-4-5-6-7-12-27-18-10-8-17(9-11-18)23-21(26)20-22-14-19-15(2)13-16(3)24-25(19)20/h13-14,17-18H,4-12H2,1-3H3,(H,23,26). The Morgan fingerprint density at radius 1 is 1.22 bits per heavy atom. The molecular weight excluding hydrogens is 340 g/mol. The summed E-state index contributed by atoms with van der Waals surface area (Å²) in [6.07, 6.45) is 11.0. The zero-order chi connectivity index (χ0) is 19.2. The number of hydrogen-bond acceptors (Lipinski definition) is 4. The molecule has 0 radical (unpaired) electrons. The van der Waals surface area contributed by atoms with Crippen LogP contribution in [-0.2, 0) is 4.74 Å². The van der Waals surface area contributed by atoms with Crippen molar-refractivity contribution in [2.45, 2.75) is 84.3 Å². The second-order valence-electron chi connectivity index (χ2n) is 7.73. The number of rotatable bonds is 8. The van der Waals surface area contributed by atoms with Gasteiger partial charge in [-0.05, 0) is 57.6 Å². The van der Waals surface area contributed by atoms with Crippen molar-refractivity contribution in [1.82, 2.24) is 19.9 Å². The second kappa shape index (κ2) is 9.31. The molecule has 3 rings (SSSR count). The van der Waals surface area contributed by atoms with Gasteiger partial charge in [0.15, 0.2) is 0 Å². The lowest BCUT2D eigenvalue weighted by molar-refractivity contribution is 0.0203. The molecule has 0 aromatic carbocycles. The van der Waals surface area contributed by atoms with E-state index in [1.54, 1.807) is 10.7 Å². The van der Waals surface area contributed by atoms with Crippen LogP contribution < -0.4 is 5.32 Å². The molecule has 0 aliphatic heterocycles. The maximum absolute atomic E-state index is 12.7. The number of aryl methyl sites for hydroxylation is 2. The van der Waals surface area contributed by atoms with Crippen LogP contribution in [-0.4, -0.2) is 39.3 Å². The van der Waals surface area contributed by atoms with E-state index < -0.39 is 0 Å². The predicted octanol–water partition coefficient (Wildman–Crippen LogP) is 3.98. The van der Waals surface area contributed by atoms with E-state index in [0.29, 0.717) is 11.9 Å². The molecule has 27 heavy (non-hydrogen) atoms. The Morgan fingerprint density at radius 2 is 2.00 bits per heavy atom. The van der Waals surface area contributed by atoms with Crippen molar-refractivity contribution in [1.29, 1.82) is 0 Å². The Labute approximate surface area is 161 Å². The van der Waals surface area contributed by atoms with Gasteiger partial charge < -0.3 is 10.1 Å². The van der Waals surface area contributed by atoms with E-state index >= 15 is 0 Å². The lowest BCUT2D eigenvalue weighted by Crippen LogP contribution is -2.40. The van der Waals surface area contributed by atoms with E-state index in [0.717, 1.165) is 55.5 Å². The van der Waals surface area contributed by atoms with Gasteiger partial charge in [0.2, 0.25) is 5.82 Å². The summed E-state index contributed by atoms with van der Waals surface area (Å²) in [6, 6.07) is 2.19. The summed E-state index contributed by atoms with van der Waals surface area (Å²) < 4.78 is 7.66. The van der Waals surface area contributed by atoms with Crippen LogP contribution in [0, 0.1) is 13.8 Å². The molecule has 1 aliphatic carbocycles. The Morgan fingerprint density at radius 3 is 2.74 bits per heavy atom. The highest BCUT2D eigenvalue weighted by Gasteiger charge is 2.25. The number of amides is 1. The highest BCUT2D eigenvalue weighted by Crippen LogP contribution is 2.22. The van der Waals surface area contributed by atoms with E-state index in [1.165, 1.54) is 19.3 Å². The molecular formula is C21H32N4O2. The average molecular weight is 373 g/mol. The minimum Gasteiger partial charge on any atom is -0.378 e. The number of carbonyl (C=O) groups is 1. The molecule has 1 N–H and O–H groups in total. The Hall–Kier alpha value is -1.95. The largest absolute Gasteiger partial charge is 0.378 e. The van der Waals surface area contributed by atoms with Crippen LogP contribution in [0.25, 0.3) is 5.52 Å². The first-order valence-corrected chi connectivity index (χ1v) is 10.3. The molecule has 0 atom stereocenters. The summed E-state index contributed by atoms with van der Waals surface area (Å²) in [4.78, 5) is 17.0. The van der Waals surface area contributed by atoms with Crippen molar-refractivity contribution in [2.75, 3.05) is 6.61 Å². The molecule has 6 nitrogen and oxygen atoms in total. The van der Waals surface area contributed by atoms with Crippen molar-refractivity contribution in [3.05, 3.63) is 29.3 Å². The first-order valence-electron chi connectivity index (χ1n) is 10.3. The van der Waals surface area contributed by atoms with E-state index in [1.807, 2.05) is 19.9 Å². The third-order valence-corrected chi connectivity index (χ3v) is 5.39. The van der Waals surface area contributed by atoms with Crippen molar-refractivity contribution in [3.63, 3.8) is 0 Å². The van der Waals surface area contributed by atoms with Gasteiger partial charge in [0.25, 0.3) is 5.91 Å². The Kier molecular flexibility index (Phi) is 6.83. The van der Waals surface area contributed by atoms with Gasteiger partial charge in [-0.3, -0.25) is 4.79 Å². The minimum absolute atomic E-state index is 0.142. The molecule has 1 saturated carbocycles. The van der Waals surface area contributed by atoms with Crippen molar-refractivity contribution in [2.24, 2.45) is 0 Å². The summed E-state index contributed by atoms with van der Waals surface area (Å²) in [6.45, 7) is 7.03. The van der Waals surface area contributed by atoms with Crippen molar-refractivity contribution in [3.8, 4) is 0 Å². The lowest BCUT2D eigenvalue weighted by atomic mass is 9.93. The van der Waals surface area contributed by atoms with Gasteiger partial charge in [0.1, 0.15) is 0 Å². The molecule has 2 aromatic rings. The van der Waals surface area contributed by atoms with Crippen LogP contribution in [0.15, 0.2) is 12.3 Å². The van der Waals surface area contributed by atoms with Crippen LogP contribution >= 0.6 is 0 Å². The topological polar surface area (TPSA) is 68.5 Å². The van der Waals surface area contributed by atoms with E-state index in [4.69, 9.17) is 4.74 Å². The van der Waals surface area contributed by atoms with Crippen LogP contribution in [0.3, 0.4) is 0 Å². The summed E-state index contributed by atoms with van der Waals surface area (Å²) in [5.74, 6) is 0.225. The smallest absolute Gasteiger partial charge is 0.289 e. The van der Waals surface area contributed by atoms with Gasteiger partial charge in [-0.15, -0.1) is 0 Å². The van der Waals surface area contributed by atoms with Gasteiger partial charge >= 0.3 is 0 Å². The first-order chi connectivity index (χ1) is 13.1. The van der Waals surface area contributed by atoms with Gasteiger partial charge in [-0.25, -0.2) is 9.50 Å². The highest BCUT2D eigenvalue weighted by atomic mass is 16.5. The summed E-state index contributed by atoms with van der Waals surface area (Å²) in [7, 11) is 0. The minimum atomic E-state index is -0.142. The zero-order valence-corrected chi connectivity index (χ0v) is 16.8. The molecule has 0 bridgehead atoms. The fourth-order valence-electron chi connectivity index (χ4n) is 3.85. The molecule has 6 heteroatoms. The van der Waals surface area contributed by atoms with Gasteiger partial charge in [0.05, 0.1) is 23.5 Å². The van der Waals surface area contributed by atoms with E-state index in [-0.39, 0.29) is 11.9 Å². The summed E-state index contributed by atoms with van der Waals surface area (Å²) in [5, 5.41) is 7.59. The molecule has 2 heterocycles. The Bertz CT molecular complexity index is 763.